The highest BCUT2D eigenvalue weighted by Crippen LogP contribution is 2.26. The van der Waals surface area contributed by atoms with E-state index in [4.69, 9.17) is 19.9 Å². The average molecular weight is 282 g/mol. The van der Waals surface area contributed by atoms with Crippen molar-refractivity contribution >= 4 is 5.91 Å². The topological polar surface area (TPSA) is 82.8 Å². The summed E-state index contributed by atoms with van der Waals surface area (Å²) in [7, 11) is 3.08. The Balaban J connectivity index is 2.44. The second kappa shape index (κ2) is 8.39. The van der Waals surface area contributed by atoms with Gasteiger partial charge in [-0.05, 0) is 19.1 Å². The molecule has 0 aliphatic rings. The standard InChI is InChI=1S/C14H22N2O4/c1-10(8-16-14(17)11(15)9-18-2)20-13-7-5-4-6-12(13)19-3/h4-7,10-11H,8-9,15H2,1-3H3,(H,16,17). The molecule has 0 radical (unpaired) electrons. The molecule has 3 N–H and O–H groups in total. The third-order valence-electron chi connectivity index (χ3n) is 2.64. The van der Waals surface area contributed by atoms with Crippen molar-refractivity contribution in [3.8, 4) is 11.5 Å². The number of para-hydroxylation sites is 2. The lowest BCUT2D eigenvalue weighted by molar-refractivity contribution is -0.123. The van der Waals surface area contributed by atoms with Crippen LogP contribution in [-0.2, 0) is 9.53 Å². The fraction of sp³-hybridized carbons (Fsp3) is 0.500. The molecule has 1 rings (SSSR count). The molecule has 0 bridgehead atoms. The van der Waals surface area contributed by atoms with E-state index in [9.17, 15) is 4.79 Å². The molecule has 0 heterocycles. The summed E-state index contributed by atoms with van der Waals surface area (Å²) in [6, 6.07) is 6.68. The second-order valence-electron chi connectivity index (χ2n) is 4.39. The molecule has 6 nitrogen and oxygen atoms in total. The number of nitrogens with two attached hydrogens (primary N) is 1. The molecule has 0 aromatic heterocycles. The van der Waals surface area contributed by atoms with Gasteiger partial charge in [0.1, 0.15) is 12.1 Å². The predicted octanol–water partition coefficient (Wildman–Crippen LogP) is 0.552. The van der Waals surface area contributed by atoms with E-state index in [0.29, 0.717) is 18.0 Å². The van der Waals surface area contributed by atoms with Crippen LogP contribution >= 0.6 is 0 Å². The third-order valence-corrected chi connectivity index (χ3v) is 2.64. The number of carbonyl (C=O) groups is 1. The summed E-state index contributed by atoms with van der Waals surface area (Å²) < 4.78 is 15.7. The van der Waals surface area contributed by atoms with E-state index in [1.54, 1.807) is 7.11 Å². The summed E-state index contributed by atoms with van der Waals surface area (Å²) in [5, 5.41) is 2.71. The molecule has 0 saturated carbocycles. The number of amides is 1. The molecule has 6 heteroatoms. The number of carbonyl (C=O) groups excluding carboxylic acids is 1. The first kappa shape index (κ1) is 16.3. The molecule has 0 saturated heterocycles. The van der Waals surface area contributed by atoms with Crippen LogP contribution < -0.4 is 20.5 Å². The van der Waals surface area contributed by atoms with Gasteiger partial charge in [0.15, 0.2) is 11.5 Å². The van der Waals surface area contributed by atoms with E-state index in [0.717, 1.165) is 0 Å². The monoisotopic (exact) mass is 282 g/mol. The van der Waals surface area contributed by atoms with Crippen LogP contribution in [0.1, 0.15) is 6.92 Å². The van der Waals surface area contributed by atoms with Crippen LogP contribution in [0.4, 0.5) is 0 Å². The first-order chi connectivity index (χ1) is 9.58. The normalized spacial score (nSPS) is 13.4. The molecule has 1 aromatic carbocycles. The maximum atomic E-state index is 11.6. The zero-order valence-corrected chi connectivity index (χ0v) is 12.1. The molecule has 2 unspecified atom stereocenters. The van der Waals surface area contributed by atoms with E-state index >= 15 is 0 Å². The fourth-order valence-electron chi connectivity index (χ4n) is 1.61. The molecular weight excluding hydrogens is 260 g/mol. The number of hydrogen-bond acceptors (Lipinski definition) is 5. The zero-order valence-electron chi connectivity index (χ0n) is 12.1. The number of hydrogen-bond donors (Lipinski definition) is 2. The van der Waals surface area contributed by atoms with Crippen LogP contribution in [0.15, 0.2) is 24.3 Å². The minimum Gasteiger partial charge on any atom is -0.493 e. The molecule has 1 aromatic rings. The Morgan fingerprint density at radius 3 is 2.55 bits per heavy atom. The minimum absolute atomic E-state index is 0.188. The largest absolute Gasteiger partial charge is 0.493 e. The van der Waals surface area contributed by atoms with Gasteiger partial charge in [0.2, 0.25) is 5.91 Å². The molecule has 0 aliphatic heterocycles. The summed E-state index contributed by atoms with van der Waals surface area (Å²) in [5.41, 5.74) is 5.61. The van der Waals surface area contributed by atoms with Crippen LogP contribution in [-0.4, -0.2) is 45.4 Å². The molecule has 0 aliphatic carbocycles. The van der Waals surface area contributed by atoms with Crippen molar-refractivity contribution in [2.24, 2.45) is 5.73 Å². The van der Waals surface area contributed by atoms with Crippen molar-refractivity contribution < 1.29 is 19.0 Å². The highest BCUT2D eigenvalue weighted by atomic mass is 16.5. The summed E-state index contributed by atoms with van der Waals surface area (Å²) in [6.45, 7) is 2.40. The fourth-order valence-corrected chi connectivity index (χ4v) is 1.61. The SMILES string of the molecule is COCC(N)C(=O)NCC(C)Oc1ccccc1OC. The van der Waals surface area contributed by atoms with Gasteiger partial charge in [-0.2, -0.15) is 0 Å². The van der Waals surface area contributed by atoms with Gasteiger partial charge in [0.25, 0.3) is 0 Å². The number of nitrogens with one attached hydrogen (secondary N) is 1. The zero-order chi connectivity index (χ0) is 15.0. The molecule has 0 fully saturated rings. The van der Waals surface area contributed by atoms with Gasteiger partial charge in [0, 0.05) is 7.11 Å². The third kappa shape index (κ3) is 5.07. The highest BCUT2D eigenvalue weighted by molar-refractivity contribution is 5.81. The van der Waals surface area contributed by atoms with Crippen molar-refractivity contribution in [2.75, 3.05) is 27.4 Å². The summed E-state index contributed by atoms with van der Waals surface area (Å²) in [6.07, 6.45) is -0.204. The Hall–Kier alpha value is -1.79. The van der Waals surface area contributed by atoms with Gasteiger partial charge >= 0.3 is 0 Å². The number of rotatable bonds is 8. The van der Waals surface area contributed by atoms with E-state index in [-0.39, 0.29) is 18.6 Å². The van der Waals surface area contributed by atoms with Crippen LogP contribution in [0, 0.1) is 0 Å². The minimum atomic E-state index is -0.668. The Morgan fingerprint density at radius 1 is 1.30 bits per heavy atom. The molecule has 2 atom stereocenters. The highest BCUT2D eigenvalue weighted by Gasteiger charge is 2.15. The van der Waals surface area contributed by atoms with E-state index in [1.807, 2.05) is 31.2 Å². The van der Waals surface area contributed by atoms with Gasteiger partial charge in [-0.1, -0.05) is 12.1 Å². The first-order valence-corrected chi connectivity index (χ1v) is 6.40. The van der Waals surface area contributed by atoms with Gasteiger partial charge in [-0.15, -0.1) is 0 Å². The van der Waals surface area contributed by atoms with Crippen molar-refractivity contribution in [3.63, 3.8) is 0 Å². The van der Waals surface area contributed by atoms with Crippen LogP contribution in [0.25, 0.3) is 0 Å². The maximum Gasteiger partial charge on any atom is 0.239 e. The smallest absolute Gasteiger partial charge is 0.239 e. The lowest BCUT2D eigenvalue weighted by Crippen LogP contribution is -2.46. The summed E-state index contributed by atoms with van der Waals surface area (Å²) >= 11 is 0. The second-order valence-corrected chi connectivity index (χ2v) is 4.39. The number of benzene rings is 1. The molecule has 112 valence electrons. The quantitative estimate of drug-likeness (QED) is 0.727. The Bertz CT molecular complexity index is 425. The lowest BCUT2D eigenvalue weighted by atomic mass is 10.3. The maximum absolute atomic E-state index is 11.6. The van der Waals surface area contributed by atoms with Crippen molar-refractivity contribution in [2.45, 2.75) is 19.1 Å². The van der Waals surface area contributed by atoms with Crippen molar-refractivity contribution in [1.82, 2.24) is 5.32 Å². The Morgan fingerprint density at radius 2 is 1.95 bits per heavy atom. The van der Waals surface area contributed by atoms with E-state index in [2.05, 4.69) is 5.32 Å². The average Bonchev–Trinajstić information content (AvgIpc) is 2.45. The van der Waals surface area contributed by atoms with Gasteiger partial charge < -0.3 is 25.3 Å². The summed E-state index contributed by atoms with van der Waals surface area (Å²) in [4.78, 5) is 11.6. The van der Waals surface area contributed by atoms with Gasteiger partial charge in [-0.25, -0.2) is 0 Å². The number of ether oxygens (including phenoxy) is 3. The van der Waals surface area contributed by atoms with Crippen molar-refractivity contribution in [1.29, 1.82) is 0 Å². The number of methoxy groups -OCH3 is 2. The molecular formula is C14H22N2O4. The van der Waals surface area contributed by atoms with Gasteiger partial charge in [-0.3, -0.25) is 4.79 Å². The predicted molar refractivity (Wildman–Crippen MR) is 75.9 cm³/mol. The molecule has 1 amide bonds. The van der Waals surface area contributed by atoms with E-state index in [1.165, 1.54) is 7.11 Å². The molecule has 20 heavy (non-hydrogen) atoms. The van der Waals surface area contributed by atoms with E-state index < -0.39 is 6.04 Å². The Labute approximate surface area is 119 Å². The lowest BCUT2D eigenvalue weighted by Gasteiger charge is -2.18. The van der Waals surface area contributed by atoms with Crippen molar-refractivity contribution in [3.05, 3.63) is 24.3 Å². The molecule has 0 spiro atoms. The first-order valence-electron chi connectivity index (χ1n) is 6.40. The van der Waals surface area contributed by atoms with Crippen LogP contribution in [0.2, 0.25) is 0 Å². The van der Waals surface area contributed by atoms with Gasteiger partial charge in [0.05, 0.1) is 20.3 Å². The summed E-state index contributed by atoms with van der Waals surface area (Å²) in [5.74, 6) is 1.03. The van der Waals surface area contributed by atoms with Crippen LogP contribution in [0.5, 0.6) is 11.5 Å². The Kier molecular flexibility index (Phi) is 6.83. The van der Waals surface area contributed by atoms with Crippen LogP contribution in [0.3, 0.4) is 0 Å².